The van der Waals surface area contributed by atoms with E-state index in [9.17, 15) is 9.59 Å². The minimum atomic E-state index is -0.292. The summed E-state index contributed by atoms with van der Waals surface area (Å²) in [7, 11) is 1.41. The smallest absolute Gasteiger partial charge is 0.409 e. The number of amides is 1. The molecule has 0 atom stereocenters. The average Bonchev–Trinajstić information content (AvgIpc) is 2.91. The van der Waals surface area contributed by atoms with Gasteiger partial charge in [-0.3, -0.25) is 14.1 Å². The topological polar surface area (TPSA) is 69.4 Å². The average molecular weight is 389 g/mol. The van der Waals surface area contributed by atoms with Gasteiger partial charge in [-0.15, -0.1) is 0 Å². The zero-order valence-electron chi connectivity index (χ0n) is 17.7. The fraction of sp³-hybridized carbons (Fsp3) is 0.571. The number of rotatable bonds is 8. The molecule has 0 radical (unpaired) electrons. The zero-order valence-corrected chi connectivity index (χ0v) is 17.7. The van der Waals surface area contributed by atoms with Gasteiger partial charge in [-0.1, -0.05) is 19.4 Å². The van der Waals surface area contributed by atoms with Crippen molar-refractivity contribution in [2.75, 3.05) is 13.7 Å². The SMILES string of the molecule is C=C(C)n1c(=O)n(CCCCCCN(C(=O)OC)C(C)(C)C)c2cnccc21. The highest BCUT2D eigenvalue weighted by atomic mass is 16.5. The van der Waals surface area contributed by atoms with Crippen molar-refractivity contribution in [2.24, 2.45) is 0 Å². The lowest BCUT2D eigenvalue weighted by atomic mass is 10.1. The van der Waals surface area contributed by atoms with E-state index in [1.54, 1.807) is 26.4 Å². The molecule has 2 aromatic rings. The monoisotopic (exact) mass is 388 g/mol. The Balaban J connectivity index is 1.93. The Bertz CT molecular complexity index is 889. The summed E-state index contributed by atoms with van der Waals surface area (Å²) in [6.07, 6.45) is 6.87. The first-order valence-electron chi connectivity index (χ1n) is 9.75. The van der Waals surface area contributed by atoms with Gasteiger partial charge in [0, 0.05) is 30.5 Å². The van der Waals surface area contributed by atoms with E-state index in [1.807, 2.05) is 33.8 Å². The summed E-state index contributed by atoms with van der Waals surface area (Å²) in [6, 6.07) is 1.84. The van der Waals surface area contributed by atoms with Crippen molar-refractivity contribution in [1.82, 2.24) is 19.0 Å². The van der Waals surface area contributed by atoms with Crippen LogP contribution in [0.4, 0.5) is 4.79 Å². The lowest BCUT2D eigenvalue weighted by Crippen LogP contribution is -2.46. The van der Waals surface area contributed by atoms with Crippen LogP contribution in [0.5, 0.6) is 0 Å². The second kappa shape index (κ2) is 9.08. The maximum absolute atomic E-state index is 12.7. The number of hydrogen-bond donors (Lipinski definition) is 0. The number of ether oxygens (including phenoxy) is 1. The summed E-state index contributed by atoms with van der Waals surface area (Å²) in [6.45, 7) is 13.0. The number of methoxy groups -OCH3 is 1. The first-order chi connectivity index (χ1) is 13.2. The number of imidazole rings is 1. The number of carbonyl (C=O) groups excluding carboxylic acids is 1. The lowest BCUT2D eigenvalue weighted by Gasteiger charge is -2.34. The number of aromatic nitrogens is 3. The summed E-state index contributed by atoms with van der Waals surface area (Å²) >= 11 is 0. The van der Waals surface area contributed by atoms with Crippen LogP contribution in [0.1, 0.15) is 53.4 Å². The third-order valence-corrected chi connectivity index (χ3v) is 4.83. The van der Waals surface area contributed by atoms with E-state index in [2.05, 4.69) is 11.6 Å². The molecule has 0 aliphatic carbocycles. The molecule has 0 fully saturated rings. The second-order valence-electron chi connectivity index (χ2n) is 8.08. The molecule has 2 rings (SSSR count). The van der Waals surface area contributed by atoms with Crippen molar-refractivity contribution in [1.29, 1.82) is 0 Å². The quantitative estimate of drug-likeness (QED) is 0.638. The van der Waals surface area contributed by atoms with Gasteiger partial charge in [-0.05, 0) is 46.6 Å². The summed E-state index contributed by atoms with van der Waals surface area (Å²) in [5.74, 6) is 0. The maximum Gasteiger partial charge on any atom is 0.409 e. The van der Waals surface area contributed by atoms with E-state index in [0.29, 0.717) is 18.8 Å². The van der Waals surface area contributed by atoms with Crippen LogP contribution in [0.25, 0.3) is 16.7 Å². The molecule has 0 aromatic carbocycles. The standard InChI is InChI=1S/C21H32N4O3/c1-16(2)25-17-11-12-22-15-18(17)23(19(25)26)13-9-7-8-10-14-24(20(27)28-6)21(3,4)5/h11-12,15H,1,7-10,13-14H2,2-6H3. The van der Waals surface area contributed by atoms with Crippen molar-refractivity contribution < 1.29 is 9.53 Å². The van der Waals surface area contributed by atoms with Crippen LogP contribution in [-0.4, -0.2) is 44.3 Å². The number of fused-ring (bicyclic) bond motifs is 1. The predicted octanol–water partition coefficient (Wildman–Crippen LogP) is 4.12. The highest BCUT2D eigenvalue weighted by Gasteiger charge is 2.26. The van der Waals surface area contributed by atoms with Gasteiger partial charge in [0.2, 0.25) is 0 Å². The lowest BCUT2D eigenvalue weighted by molar-refractivity contribution is 0.0825. The molecular formula is C21H32N4O3. The van der Waals surface area contributed by atoms with Crippen LogP contribution in [0.15, 0.2) is 29.8 Å². The molecule has 0 bridgehead atoms. The first kappa shape index (κ1) is 21.7. The van der Waals surface area contributed by atoms with Gasteiger partial charge in [-0.2, -0.15) is 0 Å². The van der Waals surface area contributed by atoms with Gasteiger partial charge in [0.1, 0.15) is 0 Å². The molecule has 28 heavy (non-hydrogen) atoms. The van der Waals surface area contributed by atoms with Crippen LogP contribution >= 0.6 is 0 Å². The number of hydrogen-bond acceptors (Lipinski definition) is 4. The third kappa shape index (κ3) is 4.82. The van der Waals surface area contributed by atoms with Crippen LogP contribution in [-0.2, 0) is 11.3 Å². The van der Waals surface area contributed by atoms with E-state index in [0.717, 1.165) is 36.7 Å². The van der Waals surface area contributed by atoms with Gasteiger partial charge in [0.05, 0.1) is 24.3 Å². The van der Waals surface area contributed by atoms with E-state index in [4.69, 9.17) is 4.74 Å². The van der Waals surface area contributed by atoms with E-state index >= 15 is 0 Å². The molecule has 2 aromatic heterocycles. The Labute approximate surface area is 166 Å². The van der Waals surface area contributed by atoms with Crippen LogP contribution < -0.4 is 5.69 Å². The highest BCUT2D eigenvalue weighted by molar-refractivity contribution is 5.78. The summed E-state index contributed by atoms with van der Waals surface area (Å²) in [4.78, 5) is 30.6. The molecule has 2 heterocycles. The van der Waals surface area contributed by atoms with E-state index < -0.39 is 0 Å². The molecule has 7 nitrogen and oxygen atoms in total. The van der Waals surface area contributed by atoms with Crippen LogP contribution in [0, 0.1) is 0 Å². The van der Waals surface area contributed by atoms with Crippen molar-refractivity contribution >= 4 is 22.8 Å². The molecule has 0 aliphatic rings. The van der Waals surface area contributed by atoms with Crippen molar-refractivity contribution in [2.45, 2.75) is 65.5 Å². The minimum Gasteiger partial charge on any atom is -0.453 e. The second-order valence-corrected chi connectivity index (χ2v) is 8.08. The maximum atomic E-state index is 12.7. The van der Waals surface area contributed by atoms with Crippen molar-refractivity contribution in [3.8, 4) is 0 Å². The van der Waals surface area contributed by atoms with E-state index in [-0.39, 0.29) is 17.3 Å². The van der Waals surface area contributed by atoms with Gasteiger partial charge in [-0.25, -0.2) is 9.59 Å². The molecule has 0 unspecified atom stereocenters. The van der Waals surface area contributed by atoms with Gasteiger partial charge < -0.3 is 9.64 Å². The first-order valence-corrected chi connectivity index (χ1v) is 9.75. The van der Waals surface area contributed by atoms with Crippen LogP contribution in [0.3, 0.4) is 0 Å². The number of pyridine rings is 1. The van der Waals surface area contributed by atoms with E-state index in [1.165, 1.54) is 7.11 Å². The molecule has 0 N–H and O–H groups in total. The summed E-state index contributed by atoms with van der Waals surface area (Å²) in [5.41, 5.74) is 2.04. The third-order valence-electron chi connectivity index (χ3n) is 4.83. The molecule has 0 spiro atoms. The minimum absolute atomic E-state index is 0.0694. The van der Waals surface area contributed by atoms with Gasteiger partial charge in [0.15, 0.2) is 0 Å². The Morgan fingerprint density at radius 2 is 1.89 bits per heavy atom. The molecule has 0 saturated carbocycles. The number of nitrogens with zero attached hydrogens (tertiary/aromatic N) is 4. The molecule has 1 amide bonds. The fourth-order valence-corrected chi connectivity index (χ4v) is 3.39. The van der Waals surface area contributed by atoms with Crippen LogP contribution in [0.2, 0.25) is 0 Å². The molecule has 0 aliphatic heterocycles. The van der Waals surface area contributed by atoms with Crippen molar-refractivity contribution in [3.05, 3.63) is 35.5 Å². The Morgan fingerprint density at radius 3 is 2.50 bits per heavy atom. The normalized spacial score (nSPS) is 11.6. The molecule has 0 saturated heterocycles. The Hall–Kier alpha value is -2.57. The number of allylic oxidation sites excluding steroid dienone is 1. The molecular weight excluding hydrogens is 356 g/mol. The summed E-state index contributed by atoms with van der Waals surface area (Å²) < 4.78 is 8.29. The largest absolute Gasteiger partial charge is 0.453 e. The molecule has 154 valence electrons. The highest BCUT2D eigenvalue weighted by Crippen LogP contribution is 2.17. The predicted molar refractivity (Wildman–Crippen MR) is 112 cm³/mol. The summed E-state index contributed by atoms with van der Waals surface area (Å²) in [5, 5.41) is 0. The molecule has 7 heteroatoms. The van der Waals surface area contributed by atoms with Gasteiger partial charge >= 0.3 is 11.8 Å². The fourth-order valence-electron chi connectivity index (χ4n) is 3.39. The zero-order chi connectivity index (χ0) is 20.9. The number of unbranched alkanes of at least 4 members (excludes halogenated alkanes) is 3. The number of aryl methyl sites for hydroxylation is 1. The van der Waals surface area contributed by atoms with Gasteiger partial charge in [0.25, 0.3) is 0 Å². The Kier molecular flexibility index (Phi) is 7.05. The Morgan fingerprint density at radius 1 is 1.21 bits per heavy atom. The number of carbonyl (C=O) groups is 1. The van der Waals surface area contributed by atoms with Crippen molar-refractivity contribution in [3.63, 3.8) is 0 Å².